The Morgan fingerprint density at radius 3 is 3.00 bits per heavy atom. The van der Waals surface area contributed by atoms with Gasteiger partial charge in [0.25, 0.3) is 0 Å². The third kappa shape index (κ3) is 3.66. The summed E-state index contributed by atoms with van der Waals surface area (Å²) in [6, 6.07) is 8.11. The second kappa shape index (κ2) is 8.48. The number of aromatic nitrogens is 3. The van der Waals surface area contributed by atoms with Gasteiger partial charge in [0.2, 0.25) is 0 Å². The second-order valence-corrected chi connectivity index (χ2v) is 8.25. The van der Waals surface area contributed by atoms with Gasteiger partial charge in [-0.25, -0.2) is 4.79 Å². The largest absolute Gasteiger partial charge is 0.461 e. The highest BCUT2D eigenvalue weighted by atomic mass is 16.7. The van der Waals surface area contributed by atoms with Crippen molar-refractivity contribution in [2.45, 2.75) is 58.5 Å². The standard InChI is InChI=1S/C24H29N3O4/c1-3-29-24(28)20-14-16-8-6-9-17(23(16)26(20)2)22-18(25-27-12-7-10-19(22)27)15-31-21-11-4-5-13-30-21/h6,8-9,14,21H,3-5,7,10-13,15H2,1-2H3. The Bertz CT molecular complexity index is 1110. The van der Waals surface area contributed by atoms with Crippen LogP contribution in [-0.2, 0) is 40.8 Å². The summed E-state index contributed by atoms with van der Waals surface area (Å²) in [6.07, 6.45) is 5.10. The lowest BCUT2D eigenvalue weighted by Crippen LogP contribution is -2.22. The molecule has 31 heavy (non-hydrogen) atoms. The van der Waals surface area contributed by atoms with E-state index in [2.05, 4.69) is 10.7 Å². The van der Waals surface area contributed by atoms with E-state index in [1.165, 1.54) is 5.69 Å². The van der Waals surface area contributed by atoms with Gasteiger partial charge in [-0.3, -0.25) is 4.68 Å². The number of carbonyl (C=O) groups excluding carboxylic acids is 1. The lowest BCUT2D eigenvalue weighted by Gasteiger charge is -2.22. The lowest BCUT2D eigenvalue weighted by molar-refractivity contribution is -0.169. The maximum atomic E-state index is 12.5. The maximum Gasteiger partial charge on any atom is 0.354 e. The van der Waals surface area contributed by atoms with E-state index < -0.39 is 0 Å². The minimum atomic E-state index is -0.301. The van der Waals surface area contributed by atoms with E-state index in [4.69, 9.17) is 19.3 Å². The van der Waals surface area contributed by atoms with Crippen LogP contribution in [0, 0.1) is 0 Å². The topological polar surface area (TPSA) is 67.5 Å². The zero-order valence-corrected chi connectivity index (χ0v) is 18.2. The van der Waals surface area contributed by atoms with Crippen LogP contribution < -0.4 is 0 Å². The Labute approximate surface area is 181 Å². The molecule has 0 spiro atoms. The fourth-order valence-electron chi connectivity index (χ4n) is 4.83. The smallest absolute Gasteiger partial charge is 0.354 e. The minimum Gasteiger partial charge on any atom is -0.461 e. The van der Waals surface area contributed by atoms with Gasteiger partial charge in [0, 0.05) is 42.4 Å². The van der Waals surface area contributed by atoms with Crippen LogP contribution in [0.25, 0.3) is 22.0 Å². The highest BCUT2D eigenvalue weighted by molar-refractivity contribution is 6.02. The normalized spacial score (nSPS) is 18.5. The molecule has 3 aromatic rings. The first-order chi connectivity index (χ1) is 15.2. The number of ether oxygens (including phenoxy) is 3. The molecule has 7 heteroatoms. The van der Waals surface area contributed by atoms with Crippen LogP contribution in [0.3, 0.4) is 0 Å². The van der Waals surface area contributed by atoms with Crippen molar-refractivity contribution in [3.63, 3.8) is 0 Å². The van der Waals surface area contributed by atoms with Gasteiger partial charge in [-0.05, 0) is 45.1 Å². The molecule has 164 valence electrons. The molecule has 1 aromatic carbocycles. The number of esters is 1. The van der Waals surface area contributed by atoms with E-state index in [0.717, 1.165) is 73.0 Å². The summed E-state index contributed by atoms with van der Waals surface area (Å²) >= 11 is 0. The Balaban J connectivity index is 1.57. The minimum absolute atomic E-state index is 0.153. The Morgan fingerprint density at radius 2 is 2.19 bits per heavy atom. The van der Waals surface area contributed by atoms with Crippen LogP contribution in [0.2, 0.25) is 0 Å². The van der Waals surface area contributed by atoms with Crippen molar-refractivity contribution in [3.05, 3.63) is 41.3 Å². The van der Waals surface area contributed by atoms with Crippen LogP contribution in [0.1, 0.15) is 54.5 Å². The van der Waals surface area contributed by atoms with Crippen molar-refractivity contribution in [2.24, 2.45) is 7.05 Å². The summed E-state index contributed by atoms with van der Waals surface area (Å²) in [5.41, 5.74) is 5.98. The van der Waals surface area contributed by atoms with Crippen molar-refractivity contribution in [1.29, 1.82) is 0 Å². The fourth-order valence-corrected chi connectivity index (χ4v) is 4.83. The first-order valence-electron chi connectivity index (χ1n) is 11.2. The van der Waals surface area contributed by atoms with E-state index in [0.29, 0.717) is 18.9 Å². The quantitative estimate of drug-likeness (QED) is 0.556. The van der Waals surface area contributed by atoms with Crippen LogP contribution in [0.5, 0.6) is 0 Å². The Kier molecular flexibility index (Phi) is 5.54. The summed E-state index contributed by atoms with van der Waals surface area (Å²) in [5.74, 6) is -0.301. The third-order valence-corrected chi connectivity index (χ3v) is 6.27. The highest BCUT2D eigenvalue weighted by Crippen LogP contribution is 2.38. The van der Waals surface area contributed by atoms with Gasteiger partial charge in [0.1, 0.15) is 5.69 Å². The molecule has 2 aliphatic heterocycles. The average Bonchev–Trinajstić information content (AvgIpc) is 3.46. The number of para-hydroxylation sites is 1. The van der Waals surface area contributed by atoms with Gasteiger partial charge in [-0.2, -0.15) is 5.10 Å². The number of benzene rings is 1. The van der Waals surface area contributed by atoms with Crippen LogP contribution in [0.15, 0.2) is 24.3 Å². The lowest BCUT2D eigenvalue weighted by atomic mass is 9.99. The number of fused-ring (bicyclic) bond motifs is 2. The third-order valence-electron chi connectivity index (χ3n) is 6.27. The van der Waals surface area contributed by atoms with Gasteiger partial charge in [-0.1, -0.05) is 18.2 Å². The summed E-state index contributed by atoms with van der Waals surface area (Å²) in [7, 11) is 1.92. The summed E-state index contributed by atoms with van der Waals surface area (Å²) in [6.45, 7) is 4.29. The SMILES string of the molecule is CCOC(=O)c1cc2cccc(-c3c(COC4CCCCO4)nn4c3CCC4)c2n1C. The van der Waals surface area contributed by atoms with Gasteiger partial charge in [-0.15, -0.1) is 0 Å². The van der Waals surface area contributed by atoms with Crippen LogP contribution in [-0.4, -0.2) is 39.8 Å². The predicted molar refractivity (Wildman–Crippen MR) is 117 cm³/mol. The molecule has 0 aliphatic carbocycles. The van der Waals surface area contributed by atoms with Crippen molar-refractivity contribution in [2.75, 3.05) is 13.2 Å². The number of hydrogen-bond acceptors (Lipinski definition) is 5. The zero-order valence-electron chi connectivity index (χ0n) is 18.2. The first-order valence-corrected chi connectivity index (χ1v) is 11.2. The van der Waals surface area contributed by atoms with Crippen molar-refractivity contribution >= 4 is 16.9 Å². The molecule has 1 saturated heterocycles. The zero-order chi connectivity index (χ0) is 21.4. The number of rotatable bonds is 6. The molecule has 1 fully saturated rings. The van der Waals surface area contributed by atoms with Crippen molar-refractivity contribution < 1.29 is 19.0 Å². The molecule has 1 atom stereocenters. The Morgan fingerprint density at radius 1 is 1.29 bits per heavy atom. The summed E-state index contributed by atoms with van der Waals surface area (Å²) < 4.78 is 21.2. The number of aryl methyl sites for hydroxylation is 2. The molecule has 0 bridgehead atoms. The molecular weight excluding hydrogens is 394 g/mol. The highest BCUT2D eigenvalue weighted by Gasteiger charge is 2.27. The molecular formula is C24H29N3O4. The summed E-state index contributed by atoms with van der Waals surface area (Å²) in [5, 5.41) is 5.91. The number of nitrogens with zero attached hydrogens (tertiary/aromatic N) is 3. The predicted octanol–water partition coefficient (Wildman–Crippen LogP) is 4.21. The number of carbonyl (C=O) groups is 1. The molecule has 2 aromatic heterocycles. The van der Waals surface area contributed by atoms with E-state index in [9.17, 15) is 4.79 Å². The molecule has 1 unspecified atom stereocenters. The average molecular weight is 424 g/mol. The van der Waals surface area contributed by atoms with E-state index in [1.807, 2.05) is 36.7 Å². The number of hydrogen-bond donors (Lipinski definition) is 0. The van der Waals surface area contributed by atoms with Crippen LogP contribution >= 0.6 is 0 Å². The molecule has 5 rings (SSSR count). The maximum absolute atomic E-state index is 12.5. The van der Waals surface area contributed by atoms with Crippen molar-refractivity contribution in [3.8, 4) is 11.1 Å². The Hall–Kier alpha value is -2.64. The van der Waals surface area contributed by atoms with E-state index >= 15 is 0 Å². The van der Waals surface area contributed by atoms with Gasteiger partial charge >= 0.3 is 5.97 Å². The molecule has 0 saturated carbocycles. The summed E-state index contributed by atoms with van der Waals surface area (Å²) in [4.78, 5) is 12.5. The second-order valence-electron chi connectivity index (χ2n) is 8.25. The molecule has 7 nitrogen and oxygen atoms in total. The van der Waals surface area contributed by atoms with Crippen LogP contribution in [0.4, 0.5) is 0 Å². The van der Waals surface area contributed by atoms with Crippen molar-refractivity contribution in [1.82, 2.24) is 14.3 Å². The molecule has 0 radical (unpaired) electrons. The molecule has 2 aliphatic rings. The molecule has 0 amide bonds. The van der Waals surface area contributed by atoms with E-state index in [1.54, 1.807) is 0 Å². The fraction of sp³-hybridized carbons (Fsp3) is 0.500. The molecule has 4 heterocycles. The van der Waals surface area contributed by atoms with E-state index in [-0.39, 0.29) is 12.3 Å². The van der Waals surface area contributed by atoms with Gasteiger partial charge < -0.3 is 18.8 Å². The first kappa shape index (κ1) is 20.3. The monoisotopic (exact) mass is 423 g/mol. The van der Waals surface area contributed by atoms with Gasteiger partial charge in [0.05, 0.1) is 24.4 Å². The van der Waals surface area contributed by atoms with Gasteiger partial charge in [0.15, 0.2) is 6.29 Å². The molecule has 0 N–H and O–H groups in total.